The molecule has 0 aliphatic carbocycles. The highest BCUT2D eigenvalue weighted by Crippen LogP contribution is 2.46. The first kappa shape index (κ1) is 22.4. The number of halogens is 1. The molecule has 1 spiro atoms. The molecule has 3 aromatic rings. The summed E-state index contributed by atoms with van der Waals surface area (Å²) >= 11 is 6.85. The zero-order valence-electron chi connectivity index (χ0n) is 18.8. The van der Waals surface area contributed by atoms with Gasteiger partial charge in [-0.1, -0.05) is 16.8 Å². The fraction of sp³-hybridized carbons (Fsp3) is 0.409. The second-order valence-electron chi connectivity index (χ2n) is 8.61. The summed E-state index contributed by atoms with van der Waals surface area (Å²) in [5, 5.41) is 9.62. The van der Waals surface area contributed by atoms with Crippen LogP contribution >= 0.6 is 11.6 Å². The summed E-state index contributed by atoms with van der Waals surface area (Å²) in [6, 6.07) is 0.998. The van der Waals surface area contributed by atoms with Gasteiger partial charge in [0.2, 0.25) is 11.8 Å². The second kappa shape index (κ2) is 8.10. The van der Waals surface area contributed by atoms with Gasteiger partial charge in [-0.15, -0.1) is 0 Å². The molecule has 0 bridgehead atoms. The molecule has 4 amide bonds. The Bertz CT molecular complexity index is 1310. The minimum atomic E-state index is -1.51. The number of aromatic nitrogens is 3. The van der Waals surface area contributed by atoms with Crippen LogP contribution in [0.1, 0.15) is 19.4 Å². The van der Waals surface area contributed by atoms with Crippen molar-refractivity contribution < 1.29 is 23.6 Å². The summed E-state index contributed by atoms with van der Waals surface area (Å²) in [7, 11) is 1.84. The van der Waals surface area contributed by atoms with Gasteiger partial charge in [0, 0.05) is 39.1 Å². The lowest BCUT2D eigenvalue weighted by molar-refractivity contribution is -0.144. The number of rotatable bonds is 5. The summed E-state index contributed by atoms with van der Waals surface area (Å²) < 4.78 is 13.1. The molecule has 1 aromatic carbocycles. The Kier molecular flexibility index (Phi) is 5.33. The number of urea groups is 1. The molecule has 12 heteroatoms. The normalized spacial score (nSPS) is 18.2. The molecule has 34 heavy (non-hydrogen) atoms. The SMILES string of the molecule is CCOC(C)CN1CC2(Cc3cc4c(-c5nccn5C)noc4c(Cl)c31)C(=O)NC(=O)NC2=O. The molecule has 1 fully saturated rings. The number of aryl methyl sites for hydroxylation is 1. The molecule has 5 rings (SSSR count). The van der Waals surface area contributed by atoms with Gasteiger partial charge in [-0.3, -0.25) is 20.2 Å². The van der Waals surface area contributed by atoms with E-state index < -0.39 is 23.3 Å². The van der Waals surface area contributed by atoms with Gasteiger partial charge in [0.25, 0.3) is 0 Å². The van der Waals surface area contributed by atoms with Crippen LogP contribution in [0.5, 0.6) is 0 Å². The molecule has 1 atom stereocenters. The summed E-state index contributed by atoms with van der Waals surface area (Å²) in [6.45, 7) is 4.68. The number of benzene rings is 1. The van der Waals surface area contributed by atoms with Crippen LogP contribution in [-0.4, -0.2) is 58.4 Å². The van der Waals surface area contributed by atoms with Crippen LogP contribution in [0.25, 0.3) is 22.5 Å². The average molecular weight is 487 g/mol. The highest BCUT2D eigenvalue weighted by Gasteiger charge is 2.54. The van der Waals surface area contributed by atoms with Crippen molar-refractivity contribution in [1.29, 1.82) is 0 Å². The number of barbiturate groups is 1. The topological polar surface area (TPSA) is 132 Å². The molecule has 1 saturated heterocycles. The fourth-order valence-electron chi connectivity index (χ4n) is 4.79. The maximum Gasteiger partial charge on any atom is 0.328 e. The largest absolute Gasteiger partial charge is 0.377 e. The zero-order valence-corrected chi connectivity index (χ0v) is 19.6. The van der Waals surface area contributed by atoms with Gasteiger partial charge in [0.1, 0.15) is 10.4 Å². The summed E-state index contributed by atoms with van der Waals surface area (Å²) in [5.74, 6) is -0.709. The summed E-state index contributed by atoms with van der Waals surface area (Å²) in [6.07, 6.45) is 3.27. The van der Waals surface area contributed by atoms with E-state index in [1.807, 2.05) is 31.9 Å². The van der Waals surface area contributed by atoms with Gasteiger partial charge in [0.05, 0.1) is 17.2 Å². The smallest absolute Gasteiger partial charge is 0.328 e. The molecule has 0 saturated carbocycles. The van der Waals surface area contributed by atoms with Crippen LogP contribution in [0.2, 0.25) is 5.02 Å². The Morgan fingerprint density at radius 2 is 2.03 bits per heavy atom. The van der Waals surface area contributed by atoms with Gasteiger partial charge in [0.15, 0.2) is 17.1 Å². The highest BCUT2D eigenvalue weighted by molar-refractivity contribution is 6.38. The van der Waals surface area contributed by atoms with Crippen molar-refractivity contribution in [3.63, 3.8) is 0 Å². The third-order valence-electron chi connectivity index (χ3n) is 6.31. The number of nitrogens with one attached hydrogen (secondary N) is 2. The maximum atomic E-state index is 13.0. The van der Waals surface area contributed by atoms with E-state index >= 15 is 0 Å². The number of carbonyl (C=O) groups is 3. The predicted octanol–water partition coefficient (Wildman–Crippen LogP) is 2.02. The number of ether oxygens (including phenoxy) is 1. The zero-order chi connectivity index (χ0) is 24.2. The first-order valence-corrected chi connectivity index (χ1v) is 11.2. The van der Waals surface area contributed by atoms with Crippen LogP contribution in [-0.2, 0) is 27.8 Å². The van der Waals surface area contributed by atoms with Crippen LogP contribution in [0, 0.1) is 5.41 Å². The van der Waals surface area contributed by atoms with E-state index in [2.05, 4.69) is 20.8 Å². The van der Waals surface area contributed by atoms with E-state index in [9.17, 15) is 14.4 Å². The van der Waals surface area contributed by atoms with E-state index in [1.165, 1.54) is 0 Å². The van der Waals surface area contributed by atoms with Crippen molar-refractivity contribution in [1.82, 2.24) is 25.3 Å². The van der Waals surface area contributed by atoms with Crippen LogP contribution in [0.3, 0.4) is 0 Å². The molecular formula is C22H23ClN6O5. The van der Waals surface area contributed by atoms with Crippen molar-refractivity contribution >= 4 is 46.1 Å². The minimum Gasteiger partial charge on any atom is -0.377 e. The highest BCUT2D eigenvalue weighted by atomic mass is 35.5. The Hall–Kier alpha value is -3.44. The predicted molar refractivity (Wildman–Crippen MR) is 122 cm³/mol. The van der Waals surface area contributed by atoms with E-state index in [-0.39, 0.29) is 19.1 Å². The maximum absolute atomic E-state index is 13.0. The van der Waals surface area contributed by atoms with Gasteiger partial charge in [-0.25, -0.2) is 9.78 Å². The molecule has 0 radical (unpaired) electrons. The Morgan fingerprint density at radius 1 is 1.29 bits per heavy atom. The third-order valence-corrected chi connectivity index (χ3v) is 6.66. The lowest BCUT2D eigenvalue weighted by Crippen LogP contribution is -2.67. The third kappa shape index (κ3) is 3.34. The minimum absolute atomic E-state index is 0.0218. The van der Waals surface area contributed by atoms with E-state index in [0.29, 0.717) is 51.9 Å². The monoisotopic (exact) mass is 486 g/mol. The van der Waals surface area contributed by atoms with Gasteiger partial charge >= 0.3 is 6.03 Å². The van der Waals surface area contributed by atoms with Crippen molar-refractivity contribution in [2.75, 3.05) is 24.6 Å². The number of carbonyl (C=O) groups excluding carboxylic acids is 3. The van der Waals surface area contributed by atoms with E-state index in [0.717, 1.165) is 0 Å². The molecule has 1 unspecified atom stereocenters. The molecule has 178 valence electrons. The standard InChI is InChI=1S/C22H23ClN6O5/c1-4-33-11(2)9-29-10-22(19(30)25-21(32)26-20(22)31)8-12-7-13-15(18-24-5-6-28(18)3)27-34-17(13)14(23)16(12)29/h5-7,11H,4,8-10H2,1-3H3,(H2,25,26,30,31,32). The molecule has 2 aliphatic rings. The fourth-order valence-corrected chi connectivity index (χ4v) is 5.16. The van der Waals surface area contributed by atoms with Crippen LogP contribution in [0.15, 0.2) is 23.0 Å². The van der Waals surface area contributed by atoms with E-state index in [4.69, 9.17) is 20.9 Å². The van der Waals surface area contributed by atoms with Gasteiger partial charge in [-0.05, 0) is 31.9 Å². The number of amides is 4. The first-order valence-electron chi connectivity index (χ1n) is 10.9. The lowest BCUT2D eigenvalue weighted by atomic mass is 9.74. The molecule has 11 nitrogen and oxygen atoms in total. The Labute approximate surface area is 199 Å². The number of imide groups is 2. The Balaban J connectivity index is 1.69. The van der Waals surface area contributed by atoms with Gasteiger partial charge < -0.3 is 18.7 Å². The molecular weight excluding hydrogens is 464 g/mol. The number of hydrogen-bond acceptors (Lipinski definition) is 8. The van der Waals surface area contributed by atoms with Crippen molar-refractivity contribution in [3.8, 4) is 11.5 Å². The number of nitrogens with zero attached hydrogens (tertiary/aromatic N) is 4. The molecule has 2 aliphatic heterocycles. The number of fused-ring (bicyclic) bond motifs is 2. The van der Waals surface area contributed by atoms with Crippen molar-refractivity contribution in [2.24, 2.45) is 12.5 Å². The number of imidazole rings is 1. The van der Waals surface area contributed by atoms with E-state index in [1.54, 1.807) is 17.0 Å². The molecule has 2 aromatic heterocycles. The number of anilines is 1. The quantitative estimate of drug-likeness (QED) is 0.523. The molecule has 4 heterocycles. The average Bonchev–Trinajstić information content (AvgIpc) is 3.38. The lowest BCUT2D eigenvalue weighted by Gasteiger charge is -2.44. The number of hydrogen-bond donors (Lipinski definition) is 2. The Morgan fingerprint density at radius 3 is 2.68 bits per heavy atom. The molecule has 2 N–H and O–H groups in total. The van der Waals surface area contributed by atoms with Crippen molar-refractivity contribution in [3.05, 3.63) is 29.0 Å². The summed E-state index contributed by atoms with van der Waals surface area (Å²) in [4.78, 5) is 44.0. The van der Waals surface area contributed by atoms with Crippen LogP contribution in [0.4, 0.5) is 10.5 Å². The summed E-state index contributed by atoms with van der Waals surface area (Å²) in [5.41, 5.74) is 0.673. The first-order chi connectivity index (χ1) is 16.2. The second-order valence-corrected chi connectivity index (χ2v) is 8.99. The van der Waals surface area contributed by atoms with Gasteiger partial charge in [-0.2, -0.15) is 0 Å². The van der Waals surface area contributed by atoms with Crippen molar-refractivity contribution in [2.45, 2.75) is 26.4 Å². The van der Waals surface area contributed by atoms with Crippen LogP contribution < -0.4 is 15.5 Å².